The molecule has 5 aromatic rings. The number of likely N-dealkylation sites (tertiary alicyclic amines) is 2. The predicted octanol–water partition coefficient (Wildman–Crippen LogP) is 10.7. The number of carbonyl (C=O) groups excluding carboxylic acids is 2. The maximum Gasteiger partial charge on any atom is 0.411 e. The Morgan fingerprint density at radius 1 is 0.643 bits per heavy atom. The smallest absolute Gasteiger partial charge is 0.411 e. The topological polar surface area (TPSA) is 100 Å². The average molecular weight is 748 g/mol. The lowest BCUT2D eigenvalue weighted by atomic mass is 9.94. The molecule has 4 fully saturated rings. The number of amides is 2. The first kappa shape index (κ1) is 35.0. The zero-order valence-corrected chi connectivity index (χ0v) is 33.0. The SMILES string of the molecule is CC(C)(C)OC(=O)N1[C@@H]2C[C@@H]2C[C@H]1C1=NC=C(c2ccc3cc(-c4ccc5cc(-c6cnc([C@@H]7C[C@H]8C[C@H]8N7C(=O)OC(C)(C)C)[nH]6)ccc5c4)ccc3c2)C1. The summed E-state index contributed by atoms with van der Waals surface area (Å²) in [5.41, 5.74) is 6.72. The molecule has 5 aliphatic rings. The van der Waals surface area contributed by atoms with Crippen LogP contribution in [0.4, 0.5) is 9.59 Å². The van der Waals surface area contributed by atoms with E-state index in [2.05, 4.69) is 77.8 Å². The van der Waals surface area contributed by atoms with Gasteiger partial charge >= 0.3 is 12.2 Å². The van der Waals surface area contributed by atoms with E-state index in [1.165, 1.54) is 38.4 Å². The molecule has 56 heavy (non-hydrogen) atoms. The largest absolute Gasteiger partial charge is 0.444 e. The van der Waals surface area contributed by atoms with Gasteiger partial charge in [-0.3, -0.25) is 14.8 Å². The second-order valence-electron chi connectivity index (χ2n) is 18.6. The molecule has 1 N–H and O–H groups in total. The normalized spacial score (nSPS) is 25.2. The number of imidazole rings is 1. The molecule has 2 saturated heterocycles. The van der Waals surface area contributed by atoms with Crippen molar-refractivity contribution in [2.24, 2.45) is 16.8 Å². The van der Waals surface area contributed by atoms with Gasteiger partial charge in [-0.05, 0) is 147 Å². The average Bonchev–Trinajstić information content (AvgIpc) is 3.73. The van der Waals surface area contributed by atoms with E-state index in [9.17, 15) is 9.59 Å². The van der Waals surface area contributed by atoms with Gasteiger partial charge in [0.15, 0.2) is 0 Å². The number of rotatable bonds is 5. The highest BCUT2D eigenvalue weighted by Gasteiger charge is 2.57. The van der Waals surface area contributed by atoms with Gasteiger partial charge in [-0.15, -0.1) is 0 Å². The molecule has 3 aliphatic heterocycles. The minimum Gasteiger partial charge on any atom is -0.444 e. The van der Waals surface area contributed by atoms with Crippen molar-refractivity contribution in [2.75, 3.05) is 0 Å². The molecule has 286 valence electrons. The van der Waals surface area contributed by atoms with Gasteiger partial charge in [0.2, 0.25) is 0 Å². The van der Waals surface area contributed by atoms with Crippen molar-refractivity contribution >= 4 is 45.0 Å². The number of aromatic amines is 1. The van der Waals surface area contributed by atoms with Gasteiger partial charge in [-0.2, -0.15) is 0 Å². The van der Waals surface area contributed by atoms with E-state index in [0.29, 0.717) is 17.9 Å². The van der Waals surface area contributed by atoms with E-state index in [-0.39, 0.29) is 30.3 Å². The lowest BCUT2D eigenvalue weighted by molar-refractivity contribution is 0.0173. The molecule has 9 nitrogen and oxygen atoms in total. The van der Waals surface area contributed by atoms with Gasteiger partial charge in [0.05, 0.1) is 24.0 Å². The number of allylic oxidation sites excluding steroid dienone is 1. The number of aliphatic imine (C=N–C) groups is 1. The highest BCUT2D eigenvalue weighted by molar-refractivity contribution is 6.04. The molecule has 2 aliphatic carbocycles. The Labute approximate surface area is 327 Å². The molecule has 0 bridgehead atoms. The number of hydrogen-bond donors (Lipinski definition) is 1. The first-order valence-electron chi connectivity index (χ1n) is 20.2. The molecule has 6 atom stereocenters. The van der Waals surface area contributed by atoms with Gasteiger partial charge in [0, 0.05) is 36.0 Å². The van der Waals surface area contributed by atoms with E-state index in [0.717, 1.165) is 60.3 Å². The van der Waals surface area contributed by atoms with Crippen molar-refractivity contribution < 1.29 is 19.1 Å². The number of hydrogen-bond acceptors (Lipinski definition) is 6. The zero-order valence-electron chi connectivity index (χ0n) is 33.0. The number of nitrogens with one attached hydrogen (secondary N) is 1. The van der Waals surface area contributed by atoms with Crippen molar-refractivity contribution in [1.29, 1.82) is 0 Å². The van der Waals surface area contributed by atoms with Gasteiger partial charge < -0.3 is 14.5 Å². The molecule has 4 aromatic carbocycles. The number of nitrogens with zero attached hydrogens (tertiary/aromatic N) is 4. The van der Waals surface area contributed by atoms with Gasteiger partial charge in [-0.1, -0.05) is 48.5 Å². The van der Waals surface area contributed by atoms with Crippen LogP contribution < -0.4 is 0 Å². The lowest BCUT2D eigenvalue weighted by Gasteiger charge is -2.30. The van der Waals surface area contributed by atoms with Crippen molar-refractivity contribution in [1.82, 2.24) is 19.8 Å². The summed E-state index contributed by atoms with van der Waals surface area (Å²) >= 11 is 0. The van der Waals surface area contributed by atoms with Gasteiger partial charge in [-0.25, -0.2) is 14.6 Å². The number of aromatic nitrogens is 2. The van der Waals surface area contributed by atoms with E-state index >= 15 is 0 Å². The van der Waals surface area contributed by atoms with Crippen molar-refractivity contribution in [3.05, 3.63) is 96.6 Å². The Hall–Kier alpha value is -5.44. The van der Waals surface area contributed by atoms with Gasteiger partial charge in [0.25, 0.3) is 0 Å². The third-order valence-corrected chi connectivity index (χ3v) is 12.2. The van der Waals surface area contributed by atoms with Crippen LogP contribution >= 0.6 is 0 Å². The molecular weight excluding hydrogens is 699 g/mol. The third-order valence-electron chi connectivity index (χ3n) is 12.2. The molecule has 0 radical (unpaired) electrons. The minimum absolute atomic E-state index is 0.0166. The Bertz CT molecular complexity index is 2500. The fourth-order valence-electron chi connectivity index (χ4n) is 9.31. The first-order valence-corrected chi connectivity index (χ1v) is 20.2. The Morgan fingerprint density at radius 2 is 1.12 bits per heavy atom. The summed E-state index contributed by atoms with van der Waals surface area (Å²) in [6, 6.07) is 27.0. The van der Waals surface area contributed by atoms with E-state index in [4.69, 9.17) is 19.5 Å². The molecule has 0 spiro atoms. The predicted molar refractivity (Wildman–Crippen MR) is 220 cm³/mol. The summed E-state index contributed by atoms with van der Waals surface area (Å²) in [5.74, 6) is 1.92. The third kappa shape index (κ3) is 6.44. The summed E-state index contributed by atoms with van der Waals surface area (Å²) in [4.78, 5) is 43.3. The molecule has 0 unspecified atom stereocenters. The van der Waals surface area contributed by atoms with Crippen LogP contribution in [0.1, 0.15) is 91.1 Å². The van der Waals surface area contributed by atoms with E-state index < -0.39 is 11.2 Å². The maximum atomic E-state index is 13.1. The first-order chi connectivity index (χ1) is 26.7. The zero-order chi connectivity index (χ0) is 38.7. The molecule has 1 aromatic heterocycles. The van der Waals surface area contributed by atoms with E-state index in [1.807, 2.05) is 63.7 Å². The monoisotopic (exact) mass is 747 g/mol. The summed E-state index contributed by atoms with van der Waals surface area (Å²) in [5, 5.41) is 4.70. The Balaban J connectivity index is 0.825. The van der Waals surface area contributed by atoms with Crippen LogP contribution in [-0.4, -0.2) is 67.0 Å². The molecule has 4 heterocycles. The molecule has 2 saturated carbocycles. The fourth-order valence-corrected chi connectivity index (χ4v) is 9.31. The van der Waals surface area contributed by atoms with Crippen LogP contribution in [-0.2, 0) is 9.47 Å². The second-order valence-corrected chi connectivity index (χ2v) is 18.6. The fraction of sp³-hybridized carbons (Fsp3) is 0.404. The van der Waals surface area contributed by atoms with Crippen molar-refractivity contribution in [3.63, 3.8) is 0 Å². The number of fused-ring (bicyclic) bond motifs is 4. The highest BCUT2D eigenvalue weighted by Crippen LogP contribution is 2.54. The number of H-pyrrole nitrogens is 1. The molecular formula is C47H49N5O4. The number of piperidine rings is 2. The van der Waals surface area contributed by atoms with Crippen LogP contribution in [0.5, 0.6) is 0 Å². The van der Waals surface area contributed by atoms with Crippen LogP contribution in [0.25, 0.3) is 49.5 Å². The molecule has 2 amide bonds. The van der Waals surface area contributed by atoms with Gasteiger partial charge in [0.1, 0.15) is 17.0 Å². The van der Waals surface area contributed by atoms with Crippen LogP contribution in [0.2, 0.25) is 0 Å². The van der Waals surface area contributed by atoms with E-state index in [1.54, 1.807) is 0 Å². The summed E-state index contributed by atoms with van der Waals surface area (Å²) in [6.07, 6.45) is 8.18. The van der Waals surface area contributed by atoms with Crippen molar-refractivity contribution in [3.8, 4) is 22.4 Å². The standard InChI is InChI=1S/C47H49N5O4/c1-46(2,3)55-44(53)51-39-20-34(39)22-41(51)37-19-36(24-48-37)32-12-11-28-15-26(7-8-29(28)17-32)27-9-10-31-18-33(14-13-30(31)16-27)38-25-49-43(50-38)42-23-35-21-40(35)52(42)45(54)56-47(4,5)6/h7-18,24-25,34-35,39-42H,19-23H2,1-6H3,(H,49,50)/t34-,35-,39-,40-,41+,42+/m1/s1. The summed E-state index contributed by atoms with van der Waals surface area (Å²) in [6.45, 7) is 11.5. The quantitative estimate of drug-likeness (QED) is 0.193. The Morgan fingerprint density at radius 3 is 1.70 bits per heavy atom. The second kappa shape index (κ2) is 12.5. The number of ether oxygens (including phenoxy) is 2. The van der Waals surface area contributed by atoms with Crippen LogP contribution in [0, 0.1) is 11.8 Å². The summed E-state index contributed by atoms with van der Waals surface area (Å²) < 4.78 is 11.6. The number of carbonyl (C=O) groups is 2. The van der Waals surface area contributed by atoms with Crippen LogP contribution in [0.15, 0.2) is 90.2 Å². The maximum absolute atomic E-state index is 13.1. The highest BCUT2D eigenvalue weighted by atomic mass is 16.6. The summed E-state index contributed by atoms with van der Waals surface area (Å²) in [7, 11) is 0. The van der Waals surface area contributed by atoms with Crippen molar-refractivity contribution in [2.45, 2.75) is 109 Å². The number of benzene rings is 4. The molecule has 9 heteroatoms. The Kier molecular flexibility index (Phi) is 7.84. The minimum atomic E-state index is -0.535. The van der Waals surface area contributed by atoms with Crippen LogP contribution in [0.3, 0.4) is 0 Å². The lowest BCUT2D eigenvalue weighted by Crippen LogP contribution is -2.45. The molecule has 10 rings (SSSR count).